The molecular weight excluding hydrogens is 569 g/mol. The van der Waals surface area contributed by atoms with E-state index in [2.05, 4.69) is 0 Å². The Balaban J connectivity index is -0.00000000161. The number of hydrogen-bond donors (Lipinski definition) is 4. The van der Waals surface area contributed by atoms with Crippen molar-refractivity contribution in [1.29, 1.82) is 0 Å². The zero-order chi connectivity index (χ0) is 3.41. The van der Waals surface area contributed by atoms with Crippen molar-refractivity contribution in [2.45, 2.75) is 0 Å². The van der Waals surface area contributed by atoms with E-state index >= 15 is 0 Å². The van der Waals surface area contributed by atoms with Gasteiger partial charge in [-0.05, 0) is 0 Å². The first-order valence-corrected chi connectivity index (χ1v) is 1.21. The summed E-state index contributed by atoms with van der Waals surface area (Å²) >= 11 is 0. The predicted molar refractivity (Wildman–Crippen MR) is 38.5 cm³/mol. The van der Waals surface area contributed by atoms with Crippen LogP contribution >= 0.6 is 0 Å². The third-order valence-electron chi connectivity index (χ3n) is 0.125. The molecule has 0 saturated carbocycles. The fourth-order valence-electron chi connectivity index (χ4n) is 0. The Morgan fingerprint density at radius 1 is 0.583 bits per heavy atom. The van der Waals surface area contributed by atoms with Gasteiger partial charge in [0.15, 0.2) is 0 Å². The van der Waals surface area contributed by atoms with Gasteiger partial charge in [0, 0.05) is 0 Å². The molecule has 0 amide bonds. The average Bonchev–Trinajstić information content (AvgIpc) is 1.37. The summed E-state index contributed by atoms with van der Waals surface area (Å²) < 4.78 is 0. The molecule has 0 spiro atoms. The van der Waals surface area contributed by atoms with Crippen LogP contribution in [0.3, 0.4) is 0 Å². The Hall–Kier alpha value is 1.72. The standard InChI is InChI=1S/C2H6N2.2ClH.4H3N.2Pt/c3-1-2-4;;;;;;;;/h3-4H,1-2H2;2*1H;4*1H3;;/q-2;;;;;;;2*+2/p-2. The normalized spacial score (nSPS) is 2.50. The summed E-state index contributed by atoms with van der Waals surface area (Å²) in [6, 6.07) is 0. The fraction of sp³-hybridized carbons (Fsp3) is 1.00. The topological polar surface area (TPSA) is 188 Å². The molecule has 0 aromatic carbocycles. The predicted octanol–water partition coefficient (Wildman–Crippen LogP) is -4.26. The van der Waals surface area contributed by atoms with E-state index in [0.717, 1.165) is 0 Å². The van der Waals surface area contributed by atoms with Crippen LogP contribution in [0.5, 0.6) is 0 Å². The monoisotopic (exact) mass is 586 g/mol. The molecule has 6 nitrogen and oxygen atoms in total. The van der Waals surface area contributed by atoms with Gasteiger partial charge in [0.25, 0.3) is 0 Å². The number of hydrogen-bond acceptors (Lipinski definition) is 4. The zero-order valence-electron chi connectivity index (χ0n) is 6.63. The summed E-state index contributed by atoms with van der Waals surface area (Å²) in [6.45, 7) is 0.472. The van der Waals surface area contributed by atoms with Crippen LogP contribution in [0.1, 0.15) is 0 Å². The van der Waals surface area contributed by atoms with Gasteiger partial charge in [-0.15, -0.1) is 0 Å². The molecule has 0 bridgehead atoms. The van der Waals surface area contributed by atoms with Gasteiger partial charge in [-0.1, -0.05) is 0 Å². The molecule has 0 saturated heterocycles. The van der Waals surface area contributed by atoms with Crippen LogP contribution in [-0.2, 0) is 42.1 Å². The summed E-state index contributed by atoms with van der Waals surface area (Å²) in [6.07, 6.45) is 0. The molecule has 0 aromatic heterocycles. The molecule has 0 rings (SSSR count). The van der Waals surface area contributed by atoms with Gasteiger partial charge in [-0.2, -0.15) is 13.1 Å². The average molecular weight is 587 g/mol. The van der Waals surface area contributed by atoms with Gasteiger partial charge in [0.05, 0.1) is 0 Å². The van der Waals surface area contributed by atoms with E-state index < -0.39 is 0 Å². The molecular formula is C2H18Cl2N6Pt2. The largest absolute Gasteiger partial charge is 2.00 e. The fourth-order valence-corrected chi connectivity index (χ4v) is 0. The van der Waals surface area contributed by atoms with E-state index in [-0.39, 0.29) is 105 Å². The van der Waals surface area contributed by atoms with Crippen molar-refractivity contribution >= 4 is 0 Å². The van der Waals surface area contributed by atoms with Gasteiger partial charge >= 0.3 is 42.1 Å². The molecule has 0 aliphatic heterocycles. The van der Waals surface area contributed by atoms with Crippen LogP contribution in [0.25, 0.3) is 11.5 Å². The minimum Gasteiger partial charge on any atom is -1.00 e. The van der Waals surface area contributed by atoms with Crippen molar-refractivity contribution in [2.24, 2.45) is 0 Å². The first-order valence-electron chi connectivity index (χ1n) is 1.21. The van der Waals surface area contributed by atoms with Crippen molar-refractivity contribution in [3.8, 4) is 0 Å². The van der Waals surface area contributed by atoms with Crippen LogP contribution in [0.2, 0.25) is 0 Å². The van der Waals surface area contributed by atoms with E-state index in [0.29, 0.717) is 0 Å². The van der Waals surface area contributed by atoms with E-state index in [1.54, 1.807) is 0 Å². The summed E-state index contributed by atoms with van der Waals surface area (Å²) in [5, 5.41) is 0. The Morgan fingerprint density at radius 2 is 0.667 bits per heavy atom. The zero-order valence-corrected chi connectivity index (χ0v) is 12.7. The second-order valence-electron chi connectivity index (χ2n) is 0.500. The van der Waals surface area contributed by atoms with Crippen molar-refractivity contribution < 1.29 is 66.9 Å². The summed E-state index contributed by atoms with van der Waals surface area (Å²) in [5.74, 6) is 0. The Morgan fingerprint density at radius 3 is 0.667 bits per heavy atom. The minimum absolute atomic E-state index is 0. The molecule has 12 heavy (non-hydrogen) atoms. The summed E-state index contributed by atoms with van der Waals surface area (Å²) in [4.78, 5) is 0. The van der Waals surface area contributed by atoms with Crippen LogP contribution < -0.4 is 49.4 Å². The molecule has 0 unspecified atom stereocenters. The van der Waals surface area contributed by atoms with Crippen LogP contribution in [0.15, 0.2) is 0 Å². The maximum absolute atomic E-state index is 6.26. The Bertz CT molecular complexity index is 23.5. The van der Waals surface area contributed by atoms with Gasteiger partial charge in [0.2, 0.25) is 0 Å². The molecule has 0 atom stereocenters. The van der Waals surface area contributed by atoms with Crippen molar-refractivity contribution in [3.05, 3.63) is 11.5 Å². The number of halogens is 2. The molecule has 0 radical (unpaired) electrons. The molecule has 0 aliphatic carbocycles. The Labute approximate surface area is 115 Å². The van der Waals surface area contributed by atoms with Crippen molar-refractivity contribution in [2.75, 3.05) is 13.1 Å². The van der Waals surface area contributed by atoms with E-state index in [9.17, 15) is 0 Å². The molecule has 0 heterocycles. The molecule has 0 aliphatic rings. The van der Waals surface area contributed by atoms with E-state index in [1.807, 2.05) is 0 Å². The number of nitrogens with one attached hydrogen (secondary N) is 2. The number of rotatable bonds is 1. The first kappa shape index (κ1) is 99.7. The van der Waals surface area contributed by atoms with Crippen LogP contribution in [0, 0.1) is 0 Å². The van der Waals surface area contributed by atoms with Gasteiger partial charge in [-0.25, -0.2) is 0 Å². The van der Waals surface area contributed by atoms with Crippen molar-refractivity contribution in [1.82, 2.24) is 24.6 Å². The summed E-state index contributed by atoms with van der Waals surface area (Å²) in [5.41, 5.74) is 12.5. The third kappa shape index (κ3) is 182. The summed E-state index contributed by atoms with van der Waals surface area (Å²) in [7, 11) is 0. The van der Waals surface area contributed by atoms with Crippen molar-refractivity contribution in [3.63, 3.8) is 0 Å². The van der Waals surface area contributed by atoms with Crippen LogP contribution in [0.4, 0.5) is 0 Å². The molecule has 0 aromatic rings. The maximum atomic E-state index is 6.26. The Kier molecular flexibility index (Phi) is 1050. The smallest absolute Gasteiger partial charge is 1.00 e. The first-order chi connectivity index (χ1) is 1.91. The third-order valence-corrected chi connectivity index (χ3v) is 0.125. The molecule has 90 valence electrons. The van der Waals surface area contributed by atoms with Gasteiger partial charge < -0.3 is 60.9 Å². The second kappa shape index (κ2) is 126. The van der Waals surface area contributed by atoms with Crippen LogP contribution in [-0.4, -0.2) is 13.1 Å². The molecule has 14 N–H and O–H groups in total. The van der Waals surface area contributed by atoms with Gasteiger partial charge in [0.1, 0.15) is 0 Å². The molecule has 0 fully saturated rings. The minimum atomic E-state index is 0. The van der Waals surface area contributed by atoms with Gasteiger partial charge in [-0.3, -0.25) is 0 Å². The SMILES string of the molecule is N.N.N.N.[Cl-].[Cl-].[NH-]CC[NH-].[Pt+2].[Pt+2]. The van der Waals surface area contributed by atoms with E-state index in [1.165, 1.54) is 0 Å². The quantitative estimate of drug-likeness (QED) is 0.242. The second-order valence-corrected chi connectivity index (χ2v) is 0.500. The molecule has 10 heteroatoms. The van der Waals surface area contributed by atoms with E-state index in [4.69, 9.17) is 11.5 Å². The maximum Gasteiger partial charge on any atom is 2.00 e.